The standard InChI is InChI=1S/C20H14F2O4S/c1-26-14-5-2-11(3-6-14)20-12(9-18(23)24)8-17(27-20)19(25)15-7-4-13(21)10-16(15)22/h2-8,10H,9H2,1H3,(H,23,24). The number of thiophene rings is 1. The van der Waals surface area contributed by atoms with Crippen LogP contribution >= 0.6 is 11.3 Å². The Morgan fingerprint density at radius 2 is 1.78 bits per heavy atom. The molecule has 27 heavy (non-hydrogen) atoms. The van der Waals surface area contributed by atoms with Gasteiger partial charge < -0.3 is 9.84 Å². The molecule has 0 bridgehead atoms. The summed E-state index contributed by atoms with van der Waals surface area (Å²) in [7, 11) is 1.53. The molecule has 0 unspecified atom stereocenters. The number of carboxylic acid groups (broad SMARTS) is 1. The van der Waals surface area contributed by atoms with Crippen LogP contribution in [-0.2, 0) is 11.2 Å². The fraction of sp³-hybridized carbons (Fsp3) is 0.100. The zero-order valence-corrected chi connectivity index (χ0v) is 15.0. The van der Waals surface area contributed by atoms with Gasteiger partial charge in [-0.2, -0.15) is 0 Å². The molecule has 0 fully saturated rings. The molecule has 0 aliphatic rings. The quantitative estimate of drug-likeness (QED) is 0.629. The maximum absolute atomic E-state index is 13.9. The minimum absolute atomic E-state index is 0.183. The largest absolute Gasteiger partial charge is 0.497 e. The van der Waals surface area contributed by atoms with Crippen LogP contribution in [0.15, 0.2) is 48.5 Å². The summed E-state index contributed by atoms with van der Waals surface area (Å²) in [4.78, 5) is 24.6. The average molecular weight is 388 g/mol. The molecule has 0 saturated carbocycles. The van der Waals surface area contributed by atoms with Crippen molar-refractivity contribution in [1.82, 2.24) is 0 Å². The van der Waals surface area contributed by atoms with Gasteiger partial charge in [-0.15, -0.1) is 11.3 Å². The van der Waals surface area contributed by atoms with Gasteiger partial charge >= 0.3 is 5.97 Å². The molecule has 0 spiro atoms. The molecular weight excluding hydrogens is 374 g/mol. The molecule has 3 rings (SSSR count). The highest BCUT2D eigenvalue weighted by Gasteiger charge is 2.21. The molecule has 1 N–H and O–H groups in total. The van der Waals surface area contributed by atoms with Crippen LogP contribution in [-0.4, -0.2) is 24.0 Å². The predicted molar refractivity (Wildman–Crippen MR) is 97.4 cm³/mol. The van der Waals surface area contributed by atoms with Crippen LogP contribution in [0, 0.1) is 11.6 Å². The number of hydrogen-bond donors (Lipinski definition) is 1. The Kier molecular flexibility index (Phi) is 5.32. The summed E-state index contributed by atoms with van der Waals surface area (Å²) in [5, 5.41) is 9.16. The van der Waals surface area contributed by atoms with Gasteiger partial charge in [-0.05, 0) is 53.6 Å². The molecule has 0 amide bonds. The summed E-state index contributed by atoms with van der Waals surface area (Å²) >= 11 is 1.07. The van der Waals surface area contributed by atoms with E-state index in [1.807, 2.05) is 0 Å². The first kappa shape index (κ1) is 18.7. The number of carbonyl (C=O) groups excluding carboxylic acids is 1. The summed E-state index contributed by atoms with van der Waals surface area (Å²) in [6.07, 6.45) is -0.281. The SMILES string of the molecule is COc1ccc(-c2sc(C(=O)c3ccc(F)cc3F)cc2CC(=O)O)cc1. The lowest BCUT2D eigenvalue weighted by Crippen LogP contribution is -2.03. The van der Waals surface area contributed by atoms with Crippen molar-refractivity contribution in [2.45, 2.75) is 6.42 Å². The number of rotatable bonds is 6. The summed E-state index contributed by atoms with van der Waals surface area (Å²) in [5.74, 6) is -2.77. The smallest absolute Gasteiger partial charge is 0.307 e. The second-order valence-corrected chi connectivity index (χ2v) is 6.77. The van der Waals surface area contributed by atoms with E-state index in [0.717, 1.165) is 29.0 Å². The minimum Gasteiger partial charge on any atom is -0.497 e. The molecule has 0 aliphatic heterocycles. The van der Waals surface area contributed by atoms with E-state index in [4.69, 9.17) is 9.84 Å². The molecule has 4 nitrogen and oxygen atoms in total. The molecule has 138 valence electrons. The van der Waals surface area contributed by atoms with Crippen LogP contribution in [0.3, 0.4) is 0 Å². The Morgan fingerprint density at radius 1 is 1.07 bits per heavy atom. The van der Waals surface area contributed by atoms with Crippen molar-refractivity contribution in [3.8, 4) is 16.2 Å². The van der Waals surface area contributed by atoms with Crippen LogP contribution in [0.5, 0.6) is 5.75 Å². The topological polar surface area (TPSA) is 63.6 Å². The number of aliphatic carboxylic acids is 1. The summed E-state index contributed by atoms with van der Waals surface area (Å²) < 4.78 is 32.1. The van der Waals surface area contributed by atoms with E-state index in [1.165, 1.54) is 13.2 Å². The third-order valence-electron chi connectivity index (χ3n) is 3.90. The van der Waals surface area contributed by atoms with E-state index in [0.29, 0.717) is 22.3 Å². The van der Waals surface area contributed by atoms with Crippen LogP contribution < -0.4 is 4.74 Å². The lowest BCUT2D eigenvalue weighted by Gasteiger charge is -2.04. The first-order valence-electron chi connectivity index (χ1n) is 7.87. The Hall–Kier alpha value is -3.06. The van der Waals surface area contributed by atoms with Gasteiger partial charge in [-0.1, -0.05) is 0 Å². The molecule has 0 radical (unpaired) electrons. The van der Waals surface area contributed by atoms with Gasteiger partial charge in [0.2, 0.25) is 5.78 Å². The van der Waals surface area contributed by atoms with E-state index in [2.05, 4.69) is 0 Å². The zero-order valence-electron chi connectivity index (χ0n) is 14.2. The Bertz CT molecular complexity index is 1010. The van der Waals surface area contributed by atoms with Crippen LogP contribution in [0.1, 0.15) is 20.8 Å². The maximum atomic E-state index is 13.9. The van der Waals surface area contributed by atoms with E-state index >= 15 is 0 Å². The van der Waals surface area contributed by atoms with Gasteiger partial charge in [-0.25, -0.2) is 8.78 Å². The minimum atomic E-state index is -1.05. The van der Waals surface area contributed by atoms with Crippen molar-refractivity contribution in [3.05, 3.63) is 76.2 Å². The van der Waals surface area contributed by atoms with E-state index in [9.17, 15) is 18.4 Å². The molecule has 3 aromatic rings. The number of carbonyl (C=O) groups is 2. The van der Waals surface area contributed by atoms with E-state index in [-0.39, 0.29) is 16.9 Å². The van der Waals surface area contributed by atoms with Gasteiger partial charge in [0.25, 0.3) is 0 Å². The Morgan fingerprint density at radius 3 is 2.37 bits per heavy atom. The molecule has 1 aromatic heterocycles. The van der Waals surface area contributed by atoms with Crippen molar-refractivity contribution in [2.75, 3.05) is 7.11 Å². The molecular formula is C20H14F2O4S. The fourth-order valence-electron chi connectivity index (χ4n) is 2.63. The van der Waals surface area contributed by atoms with Crippen molar-refractivity contribution < 1.29 is 28.2 Å². The maximum Gasteiger partial charge on any atom is 0.307 e. The molecule has 0 saturated heterocycles. The number of ketones is 1. The number of hydrogen-bond acceptors (Lipinski definition) is 4. The Balaban J connectivity index is 2.05. The molecule has 7 heteroatoms. The highest BCUT2D eigenvalue weighted by Crippen LogP contribution is 2.35. The van der Waals surface area contributed by atoms with E-state index in [1.54, 1.807) is 24.3 Å². The Labute approximate surface area is 157 Å². The third-order valence-corrected chi connectivity index (χ3v) is 5.13. The lowest BCUT2D eigenvalue weighted by atomic mass is 10.0. The number of halogens is 2. The van der Waals surface area contributed by atoms with Crippen LogP contribution in [0.25, 0.3) is 10.4 Å². The summed E-state index contributed by atoms with van der Waals surface area (Å²) in [6.45, 7) is 0. The zero-order chi connectivity index (χ0) is 19.6. The fourth-order valence-corrected chi connectivity index (χ4v) is 3.77. The monoisotopic (exact) mass is 388 g/mol. The van der Waals surface area contributed by atoms with Crippen LogP contribution in [0.4, 0.5) is 8.78 Å². The number of carboxylic acids is 1. The molecule has 0 aliphatic carbocycles. The van der Waals surface area contributed by atoms with Crippen molar-refractivity contribution in [2.24, 2.45) is 0 Å². The summed E-state index contributed by atoms with van der Waals surface area (Å²) in [5.41, 5.74) is 0.903. The van der Waals surface area contributed by atoms with E-state index < -0.39 is 23.4 Å². The molecule has 1 heterocycles. The van der Waals surface area contributed by atoms with Gasteiger partial charge in [0.15, 0.2) is 0 Å². The third kappa shape index (κ3) is 4.03. The molecule has 2 aromatic carbocycles. The second kappa shape index (κ2) is 7.67. The van der Waals surface area contributed by atoms with Crippen LogP contribution in [0.2, 0.25) is 0 Å². The van der Waals surface area contributed by atoms with Gasteiger partial charge in [0.05, 0.1) is 24.0 Å². The van der Waals surface area contributed by atoms with Crippen molar-refractivity contribution in [1.29, 1.82) is 0 Å². The molecule has 0 atom stereocenters. The first-order valence-corrected chi connectivity index (χ1v) is 8.69. The number of ether oxygens (including phenoxy) is 1. The summed E-state index contributed by atoms with van der Waals surface area (Å²) in [6, 6.07) is 11.1. The van der Waals surface area contributed by atoms with Crippen molar-refractivity contribution in [3.63, 3.8) is 0 Å². The van der Waals surface area contributed by atoms with Crippen molar-refractivity contribution >= 4 is 23.1 Å². The lowest BCUT2D eigenvalue weighted by molar-refractivity contribution is -0.136. The second-order valence-electron chi connectivity index (χ2n) is 5.72. The predicted octanol–water partition coefficient (Wildman–Crippen LogP) is 4.56. The number of benzene rings is 2. The highest BCUT2D eigenvalue weighted by atomic mass is 32.1. The number of methoxy groups -OCH3 is 1. The highest BCUT2D eigenvalue weighted by molar-refractivity contribution is 7.17. The average Bonchev–Trinajstić information content (AvgIpc) is 3.04. The normalized spacial score (nSPS) is 10.6. The van der Waals surface area contributed by atoms with Gasteiger partial charge in [-0.3, -0.25) is 9.59 Å². The van der Waals surface area contributed by atoms with Gasteiger partial charge in [0, 0.05) is 10.9 Å². The van der Waals surface area contributed by atoms with Gasteiger partial charge in [0.1, 0.15) is 17.4 Å². The first-order chi connectivity index (χ1) is 12.9.